The van der Waals surface area contributed by atoms with Crippen LogP contribution in [0.5, 0.6) is 0 Å². The van der Waals surface area contributed by atoms with Gasteiger partial charge in [0.05, 0.1) is 16.0 Å². The fourth-order valence-corrected chi connectivity index (χ4v) is 4.15. The second-order valence-electron chi connectivity index (χ2n) is 6.60. The largest absolute Gasteiger partial charge is 0.366 e. The van der Waals surface area contributed by atoms with Gasteiger partial charge >= 0.3 is 5.76 Å². The smallest absolute Gasteiger partial charge is 0.341 e. The van der Waals surface area contributed by atoms with Gasteiger partial charge in [-0.25, -0.2) is 8.42 Å². The topological polar surface area (TPSA) is 98.3 Å². The average Bonchev–Trinajstić information content (AvgIpc) is 3.16. The number of hydrogen-bond donors (Lipinski definition) is 0. The first-order chi connectivity index (χ1) is 13.2. The quantitative estimate of drug-likeness (QED) is 0.532. The molecule has 0 unspecified atom stereocenters. The lowest BCUT2D eigenvalue weighted by Gasteiger charge is -2.33. The molecule has 2 aromatic rings. The summed E-state index contributed by atoms with van der Waals surface area (Å²) >= 11 is 0. The van der Waals surface area contributed by atoms with Gasteiger partial charge in [-0.2, -0.15) is 13.9 Å². The van der Waals surface area contributed by atoms with E-state index in [9.17, 15) is 27.3 Å². The van der Waals surface area contributed by atoms with E-state index in [1.807, 2.05) is 24.0 Å². The monoisotopic (exact) mass is 414 g/mol. The number of halogens is 2. The number of nitrogens with zero attached hydrogens (tertiary/aromatic N) is 4. The van der Waals surface area contributed by atoms with Gasteiger partial charge < -0.3 is 4.90 Å². The Balaban J connectivity index is 1.81. The van der Waals surface area contributed by atoms with E-state index in [2.05, 4.69) is 5.10 Å². The van der Waals surface area contributed by atoms with Crippen molar-refractivity contribution in [1.82, 2.24) is 9.78 Å². The molecular weight excluding hydrogens is 394 g/mol. The highest BCUT2D eigenvalue weighted by molar-refractivity contribution is 7.91. The molecule has 0 saturated carbocycles. The van der Waals surface area contributed by atoms with Crippen molar-refractivity contribution in [3.8, 4) is 0 Å². The van der Waals surface area contributed by atoms with Crippen molar-refractivity contribution in [2.24, 2.45) is 0 Å². The predicted octanol–water partition coefficient (Wildman–Crippen LogP) is 3.19. The summed E-state index contributed by atoms with van der Waals surface area (Å²) < 4.78 is 50.6. The predicted molar refractivity (Wildman–Crippen MR) is 98.4 cm³/mol. The van der Waals surface area contributed by atoms with Gasteiger partial charge in [0.1, 0.15) is 5.69 Å². The minimum Gasteiger partial charge on any atom is -0.366 e. The van der Waals surface area contributed by atoms with Crippen molar-refractivity contribution < 1.29 is 22.1 Å². The molecule has 2 heterocycles. The Hall–Kier alpha value is -2.56. The number of aryl methyl sites for hydroxylation is 1. The molecule has 1 aromatic carbocycles. The zero-order valence-corrected chi connectivity index (χ0v) is 16.0. The first kappa shape index (κ1) is 20.2. The van der Waals surface area contributed by atoms with Crippen LogP contribution in [-0.2, 0) is 16.4 Å². The molecule has 28 heavy (non-hydrogen) atoms. The minimum atomic E-state index is -4.89. The van der Waals surface area contributed by atoms with Crippen LogP contribution in [0.15, 0.2) is 35.5 Å². The van der Waals surface area contributed by atoms with Crippen LogP contribution in [0.1, 0.15) is 31.2 Å². The fraction of sp³-hybridized carbons (Fsp3) is 0.471. The summed E-state index contributed by atoms with van der Waals surface area (Å²) in [5, 5.41) is 15.7. The SMILES string of the molecule is CCn1cc(C2CCN(c3ccc(S(=O)(=O)C(F)F)cc3[N+](=O)[O-])CC2)cn1. The van der Waals surface area contributed by atoms with Gasteiger partial charge in [0.25, 0.3) is 5.69 Å². The fourth-order valence-electron chi connectivity index (χ4n) is 3.41. The number of nitro benzene ring substituents is 1. The maximum Gasteiger partial charge on any atom is 0.341 e. The van der Waals surface area contributed by atoms with E-state index in [-0.39, 0.29) is 11.6 Å². The normalized spacial score (nSPS) is 15.9. The maximum atomic E-state index is 12.7. The molecular formula is C17H20F2N4O4S. The molecule has 1 aromatic heterocycles. The van der Waals surface area contributed by atoms with Gasteiger partial charge in [0.15, 0.2) is 0 Å². The molecule has 0 atom stereocenters. The number of nitro groups is 1. The number of benzene rings is 1. The molecule has 152 valence electrons. The van der Waals surface area contributed by atoms with E-state index < -0.39 is 31.1 Å². The van der Waals surface area contributed by atoms with Crippen molar-refractivity contribution in [3.63, 3.8) is 0 Å². The molecule has 0 amide bonds. The van der Waals surface area contributed by atoms with Crippen LogP contribution < -0.4 is 4.90 Å². The van der Waals surface area contributed by atoms with E-state index in [1.54, 1.807) is 4.90 Å². The molecule has 0 N–H and O–H groups in total. The summed E-state index contributed by atoms with van der Waals surface area (Å²) in [5.41, 5.74) is 0.870. The number of anilines is 1. The third kappa shape index (κ3) is 3.84. The van der Waals surface area contributed by atoms with Gasteiger partial charge in [0, 0.05) is 31.9 Å². The van der Waals surface area contributed by atoms with Crippen molar-refractivity contribution in [2.45, 2.75) is 42.9 Å². The highest BCUT2D eigenvalue weighted by Crippen LogP contribution is 2.36. The minimum absolute atomic E-state index is 0.237. The van der Waals surface area contributed by atoms with Crippen LogP contribution >= 0.6 is 0 Å². The Bertz CT molecular complexity index is 969. The number of rotatable bonds is 6. The van der Waals surface area contributed by atoms with Crippen LogP contribution in [0.25, 0.3) is 0 Å². The first-order valence-electron chi connectivity index (χ1n) is 8.81. The van der Waals surface area contributed by atoms with Crippen molar-refractivity contribution >= 4 is 21.2 Å². The standard InChI is InChI=1S/C17H20F2N4O4S/c1-2-22-11-13(10-20-22)12-5-7-21(8-6-12)15-4-3-14(9-16(15)23(24)25)28(26,27)17(18)19/h3-4,9-12,17H,2,5-8H2,1H3. The Labute approximate surface area is 160 Å². The van der Waals surface area contributed by atoms with Gasteiger partial charge in [-0.3, -0.25) is 14.8 Å². The molecule has 0 spiro atoms. The second-order valence-corrected chi connectivity index (χ2v) is 8.52. The molecule has 1 saturated heterocycles. The second kappa shape index (κ2) is 7.82. The van der Waals surface area contributed by atoms with Gasteiger partial charge in [-0.1, -0.05) is 0 Å². The van der Waals surface area contributed by atoms with Crippen LogP contribution in [0.3, 0.4) is 0 Å². The number of sulfone groups is 1. The lowest BCUT2D eigenvalue weighted by molar-refractivity contribution is -0.384. The van der Waals surface area contributed by atoms with Crippen LogP contribution in [0, 0.1) is 10.1 Å². The molecule has 3 rings (SSSR count). The van der Waals surface area contributed by atoms with E-state index >= 15 is 0 Å². The molecule has 1 aliphatic rings. The number of hydrogen-bond acceptors (Lipinski definition) is 6. The average molecular weight is 414 g/mol. The lowest BCUT2D eigenvalue weighted by atomic mass is 9.91. The molecule has 0 aliphatic carbocycles. The molecule has 0 radical (unpaired) electrons. The first-order valence-corrected chi connectivity index (χ1v) is 10.4. The highest BCUT2D eigenvalue weighted by atomic mass is 32.2. The zero-order valence-electron chi connectivity index (χ0n) is 15.2. The van der Waals surface area contributed by atoms with Gasteiger partial charge in [0.2, 0.25) is 9.84 Å². The Morgan fingerprint density at radius 1 is 1.32 bits per heavy atom. The molecule has 0 bridgehead atoms. The summed E-state index contributed by atoms with van der Waals surface area (Å²) in [6, 6.07) is 2.96. The van der Waals surface area contributed by atoms with Crippen LogP contribution in [-0.4, -0.2) is 42.0 Å². The van der Waals surface area contributed by atoms with Gasteiger partial charge in [-0.05, 0) is 43.4 Å². The number of aromatic nitrogens is 2. The zero-order chi connectivity index (χ0) is 20.5. The van der Waals surface area contributed by atoms with E-state index in [0.717, 1.165) is 31.0 Å². The molecule has 8 nitrogen and oxygen atoms in total. The lowest BCUT2D eigenvalue weighted by Crippen LogP contribution is -2.33. The molecule has 1 fully saturated rings. The van der Waals surface area contributed by atoms with Crippen molar-refractivity contribution in [2.75, 3.05) is 18.0 Å². The van der Waals surface area contributed by atoms with Crippen LogP contribution in [0.2, 0.25) is 0 Å². The summed E-state index contributed by atoms with van der Waals surface area (Å²) in [4.78, 5) is 11.7. The number of alkyl halides is 2. The molecule has 1 aliphatic heterocycles. The summed E-state index contributed by atoms with van der Waals surface area (Å²) in [6.45, 7) is 3.84. The van der Waals surface area contributed by atoms with Crippen molar-refractivity contribution in [3.05, 3.63) is 46.3 Å². The Morgan fingerprint density at radius 3 is 2.54 bits per heavy atom. The van der Waals surface area contributed by atoms with E-state index in [4.69, 9.17) is 0 Å². The number of piperidine rings is 1. The Kier molecular flexibility index (Phi) is 5.64. The highest BCUT2D eigenvalue weighted by Gasteiger charge is 2.31. The Morgan fingerprint density at radius 2 is 2.00 bits per heavy atom. The third-order valence-electron chi connectivity index (χ3n) is 4.99. The summed E-state index contributed by atoms with van der Waals surface area (Å²) in [6.07, 6.45) is 5.33. The molecule has 11 heteroatoms. The maximum absolute atomic E-state index is 12.7. The summed E-state index contributed by atoms with van der Waals surface area (Å²) in [7, 11) is -4.89. The summed E-state index contributed by atoms with van der Waals surface area (Å²) in [5.74, 6) is -3.34. The van der Waals surface area contributed by atoms with E-state index in [0.29, 0.717) is 19.2 Å². The van der Waals surface area contributed by atoms with Gasteiger partial charge in [-0.15, -0.1) is 0 Å². The third-order valence-corrected chi connectivity index (χ3v) is 6.37. The van der Waals surface area contributed by atoms with Crippen molar-refractivity contribution in [1.29, 1.82) is 0 Å². The van der Waals surface area contributed by atoms with Crippen LogP contribution in [0.4, 0.5) is 20.2 Å². The van der Waals surface area contributed by atoms with E-state index in [1.165, 1.54) is 6.07 Å².